The van der Waals surface area contributed by atoms with E-state index in [2.05, 4.69) is 22.4 Å². The minimum Gasteiger partial charge on any atom is -0.311 e. The molecule has 2 N–H and O–H groups in total. The van der Waals surface area contributed by atoms with Crippen molar-refractivity contribution in [2.75, 3.05) is 5.32 Å². The molecule has 1 fully saturated rings. The van der Waals surface area contributed by atoms with E-state index in [4.69, 9.17) is 0 Å². The van der Waals surface area contributed by atoms with Crippen molar-refractivity contribution in [1.82, 2.24) is 10.2 Å². The van der Waals surface area contributed by atoms with Crippen LogP contribution >= 0.6 is 0 Å². The lowest BCUT2D eigenvalue weighted by Gasteiger charge is -2.27. The lowest BCUT2D eigenvalue weighted by molar-refractivity contribution is -0.121. The van der Waals surface area contributed by atoms with Gasteiger partial charge in [-0.25, -0.2) is 0 Å². The van der Waals surface area contributed by atoms with Crippen LogP contribution in [0.5, 0.6) is 0 Å². The fraction of sp³-hybridized carbons (Fsp3) is 0.714. The van der Waals surface area contributed by atoms with Crippen LogP contribution in [0.2, 0.25) is 0 Å². The summed E-state index contributed by atoms with van der Waals surface area (Å²) < 4.78 is 0. The second kappa shape index (κ2) is 6.57. The summed E-state index contributed by atoms with van der Waals surface area (Å²) in [5.41, 5.74) is 0. The van der Waals surface area contributed by atoms with Crippen LogP contribution in [0.1, 0.15) is 51.9 Å². The molecule has 2 rings (SSSR count). The van der Waals surface area contributed by atoms with E-state index in [-0.39, 0.29) is 11.8 Å². The summed E-state index contributed by atoms with van der Waals surface area (Å²) in [6, 6.07) is 1.78. The van der Waals surface area contributed by atoms with Gasteiger partial charge in [0, 0.05) is 12.0 Å². The van der Waals surface area contributed by atoms with Crippen LogP contribution in [0.25, 0.3) is 0 Å². The van der Waals surface area contributed by atoms with Gasteiger partial charge in [0.1, 0.15) is 5.82 Å². The number of unbranched alkanes of at least 4 members (excludes halogenated alkanes) is 1. The SMILES string of the molecule is CCCCC1CCC(C(=O)Nc2ccn[nH]2)CC1. The van der Waals surface area contributed by atoms with Gasteiger partial charge in [-0.3, -0.25) is 9.89 Å². The zero-order valence-electron chi connectivity index (χ0n) is 11.1. The molecule has 1 saturated carbocycles. The number of anilines is 1. The molecule has 4 nitrogen and oxygen atoms in total. The average Bonchev–Trinajstić information content (AvgIpc) is 2.89. The molecular weight excluding hydrogens is 226 g/mol. The predicted octanol–water partition coefficient (Wildman–Crippen LogP) is 3.34. The molecule has 0 radical (unpaired) electrons. The molecule has 4 heteroatoms. The Morgan fingerprint density at radius 3 is 2.83 bits per heavy atom. The number of H-pyrrole nitrogens is 1. The Hall–Kier alpha value is -1.32. The molecule has 100 valence electrons. The number of amides is 1. The number of nitrogens with one attached hydrogen (secondary N) is 2. The Morgan fingerprint density at radius 1 is 1.44 bits per heavy atom. The van der Waals surface area contributed by atoms with Crippen LogP contribution in [0.3, 0.4) is 0 Å². The molecule has 1 aromatic rings. The number of aromatic amines is 1. The normalized spacial score (nSPS) is 23.8. The van der Waals surface area contributed by atoms with Crippen LogP contribution in [-0.2, 0) is 4.79 Å². The highest BCUT2D eigenvalue weighted by Gasteiger charge is 2.26. The van der Waals surface area contributed by atoms with E-state index in [0.717, 1.165) is 18.8 Å². The molecule has 1 aromatic heterocycles. The Kier molecular flexibility index (Phi) is 4.79. The maximum atomic E-state index is 12.0. The van der Waals surface area contributed by atoms with Gasteiger partial charge in [0.2, 0.25) is 5.91 Å². The van der Waals surface area contributed by atoms with Gasteiger partial charge in [-0.05, 0) is 31.6 Å². The Labute approximate surface area is 109 Å². The van der Waals surface area contributed by atoms with Crippen molar-refractivity contribution >= 4 is 11.7 Å². The monoisotopic (exact) mass is 249 g/mol. The van der Waals surface area contributed by atoms with Gasteiger partial charge in [-0.2, -0.15) is 5.10 Å². The van der Waals surface area contributed by atoms with E-state index in [1.54, 1.807) is 12.3 Å². The molecule has 0 unspecified atom stereocenters. The van der Waals surface area contributed by atoms with Crippen molar-refractivity contribution in [3.8, 4) is 0 Å². The molecule has 0 spiro atoms. The highest BCUT2D eigenvalue weighted by molar-refractivity contribution is 5.91. The fourth-order valence-corrected chi connectivity index (χ4v) is 2.77. The summed E-state index contributed by atoms with van der Waals surface area (Å²) in [6.07, 6.45) is 10.1. The maximum absolute atomic E-state index is 12.0. The van der Waals surface area contributed by atoms with Crippen LogP contribution in [0.4, 0.5) is 5.82 Å². The lowest BCUT2D eigenvalue weighted by atomic mass is 9.79. The molecule has 1 aliphatic carbocycles. The number of aromatic nitrogens is 2. The van der Waals surface area contributed by atoms with Crippen molar-refractivity contribution in [3.63, 3.8) is 0 Å². The Bertz CT molecular complexity index is 353. The van der Waals surface area contributed by atoms with Gasteiger partial charge in [0.05, 0.1) is 6.20 Å². The van der Waals surface area contributed by atoms with E-state index in [1.807, 2.05) is 0 Å². The van der Waals surface area contributed by atoms with Crippen LogP contribution < -0.4 is 5.32 Å². The smallest absolute Gasteiger partial charge is 0.228 e. The number of hydrogen-bond donors (Lipinski definition) is 2. The Balaban J connectivity index is 1.73. The Morgan fingerprint density at radius 2 is 2.22 bits per heavy atom. The first kappa shape index (κ1) is 13.1. The van der Waals surface area contributed by atoms with Crippen molar-refractivity contribution in [1.29, 1.82) is 0 Å². The van der Waals surface area contributed by atoms with Gasteiger partial charge in [-0.15, -0.1) is 0 Å². The minimum absolute atomic E-state index is 0.146. The molecule has 0 aliphatic heterocycles. The van der Waals surface area contributed by atoms with Crippen LogP contribution in [0, 0.1) is 11.8 Å². The van der Waals surface area contributed by atoms with Crippen molar-refractivity contribution in [2.24, 2.45) is 11.8 Å². The van der Waals surface area contributed by atoms with Crippen LogP contribution in [0.15, 0.2) is 12.3 Å². The van der Waals surface area contributed by atoms with Gasteiger partial charge in [-0.1, -0.05) is 26.2 Å². The molecule has 1 heterocycles. The quantitative estimate of drug-likeness (QED) is 0.840. The largest absolute Gasteiger partial charge is 0.311 e. The third-order valence-electron chi connectivity index (χ3n) is 3.94. The fourth-order valence-electron chi connectivity index (χ4n) is 2.77. The van der Waals surface area contributed by atoms with Crippen molar-refractivity contribution in [2.45, 2.75) is 51.9 Å². The molecule has 0 aromatic carbocycles. The summed E-state index contributed by atoms with van der Waals surface area (Å²) >= 11 is 0. The molecule has 1 amide bonds. The molecule has 0 saturated heterocycles. The van der Waals surface area contributed by atoms with E-state index in [0.29, 0.717) is 5.82 Å². The number of rotatable bonds is 5. The highest BCUT2D eigenvalue weighted by atomic mass is 16.1. The zero-order valence-corrected chi connectivity index (χ0v) is 11.1. The summed E-state index contributed by atoms with van der Waals surface area (Å²) in [5.74, 6) is 1.88. The topological polar surface area (TPSA) is 57.8 Å². The average molecular weight is 249 g/mol. The number of nitrogens with zero attached hydrogens (tertiary/aromatic N) is 1. The second-order valence-corrected chi connectivity index (χ2v) is 5.32. The first-order chi connectivity index (χ1) is 8.79. The van der Waals surface area contributed by atoms with Gasteiger partial charge >= 0.3 is 0 Å². The maximum Gasteiger partial charge on any atom is 0.228 e. The standard InChI is InChI=1S/C14H23N3O/c1-2-3-4-11-5-7-12(8-6-11)14(18)16-13-9-10-15-17-13/h9-12H,2-8H2,1H3,(H2,15,16,17,18). The first-order valence-electron chi connectivity index (χ1n) is 7.09. The predicted molar refractivity (Wildman–Crippen MR) is 72.2 cm³/mol. The van der Waals surface area contributed by atoms with Crippen LogP contribution in [-0.4, -0.2) is 16.1 Å². The molecule has 0 atom stereocenters. The van der Waals surface area contributed by atoms with Gasteiger partial charge < -0.3 is 5.32 Å². The number of carbonyl (C=O) groups excluding carboxylic acids is 1. The minimum atomic E-state index is 0.146. The number of hydrogen-bond acceptors (Lipinski definition) is 2. The molecular formula is C14H23N3O. The van der Waals surface area contributed by atoms with E-state index >= 15 is 0 Å². The lowest BCUT2D eigenvalue weighted by Crippen LogP contribution is -2.27. The van der Waals surface area contributed by atoms with Crippen molar-refractivity contribution in [3.05, 3.63) is 12.3 Å². The van der Waals surface area contributed by atoms with Gasteiger partial charge in [0.25, 0.3) is 0 Å². The summed E-state index contributed by atoms with van der Waals surface area (Å²) in [4.78, 5) is 12.0. The second-order valence-electron chi connectivity index (χ2n) is 5.32. The van der Waals surface area contributed by atoms with E-state index < -0.39 is 0 Å². The zero-order chi connectivity index (χ0) is 12.8. The summed E-state index contributed by atoms with van der Waals surface area (Å²) in [7, 11) is 0. The third kappa shape index (κ3) is 3.59. The van der Waals surface area contributed by atoms with E-state index in [1.165, 1.54) is 32.1 Å². The van der Waals surface area contributed by atoms with Crippen molar-refractivity contribution < 1.29 is 4.79 Å². The highest BCUT2D eigenvalue weighted by Crippen LogP contribution is 2.32. The summed E-state index contributed by atoms with van der Waals surface area (Å²) in [5, 5.41) is 9.48. The summed E-state index contributed by atoms with van der Waals surface area (Å²) in [6.45, 7) is 2.24. The number of carbonyl (C=O) groups is 1. The van der Waals surface area contributed by atoms with Gasteiger partial charge in [0.15, 0.2) is 0 Å². The molecule has 1 aliphatic rings. The first-order valence-corrected chi connectivity index (χ1v) is 7.09. The van der Waals surface area contributed by atoms with E-state index in [9.17, 15) is 4.79 Å². The molecule has 0 bridgehead atoms. The third-order valence-corrected chi connectivity index (χ3v) is 3.94. The molecule has 18 heavy (non-hydrogen) atoms.